The molecule has 5 nitrogen and oxygen atoms in total. The number of aromatic nitrogens is 2. The number of carbonyl (C=O) groups excluding carboxylic acids is 1. The van der Waals surface area contributed by atoms with Crippen LogP contribution in [0, 0.1) is 6.92 Å². The standard InChI is InChI=1S/C15H20N4O/c1-4-19-14(9-11(2)17-19)15(20)18(3)10-12-7-5-6-8-13(12)16/h5-9H,4,10,16H2,1-3H3. The number of nitrogen functional groups attached to an aromatic ring is 1. The lowest BCUT2D eigenvalue weighted by atomic mass is 10.1. The van der Waals surface area contributed by atoms with E-state index in [0.717, 1.165) is 11.3 Å². The molecule has 5 heteroatoms. The minimum Gasteiger partial charge on any atom is -0.398 e. The van der Waals surface area contributed by atoms with E-state index in [4.69, 9.17) is 5.73 Å². The normalized spacial score (nSPS) is 10.6. The van der Waals surface area contributed by atoms with E-state index in [1.54, 1.807) is 16.6 Å². The van der Waals surface area contributed by atoms with Crippen LogP contribution in [0.2, 0.25) is 0 Å². The predicted molar refractivity (Wildman–Crippen MR) is 79.3 cm³/mol. The summed E-state index contributed by atoms with van der Waals surface area (Å²) in [7, 11) is 1.77. The summed E-state index contributed by atoms with van der Waals surface area (Å²) in [6.45, 7) is 5.02. The largest absolute Gasteiger partial charge is 0.398 e. The summed E-state index contributed by atoms with van der Waals surface area (Å²) < 4.78 is 1.72. The first-order valence-corrected chi connectivity index (χ1v) is 6.66. The number of hydrogen-bond acceptors (Lipinski definition) is 3. The van der Waals surface area contributed by atoms with Crippen molar-refractivity contribution in [3.63, 3.8) is 0 Å². The molecule has 0 radical (unpaired) electrons. The molecule has 0 aliphatic carbocycles. The molecule has 0 saturated carbocycles. The van der Waals surface area contributed by atoms with Gasteiger partial charge in [-0.2, -0.15) is 5.10 Å². The van der Waals surface area contributed by atoms with Gasteiger partial charge in [0.15, 0.2) is 0 Å². The summed E-state index contributed by atoms with van der Waals surface area (Å²) in [5.41, 5.74) is 9.02. The lowest BCUT2D eigenvalue weighted by molar-refractivity contribution is 0.0773. The maximum Gasteiger partial charge on any atom is 0.272 e. The zero-order valence-corrected chi connectivity index (χ0v) is 12.1. The van der Waals surface area contributed by atoms with Gasteiger partial charge in [-0.15, -0.1) is 0 Å². The number of para-hydroxylation sites is 1. The van der Waals surface area contributed by atoms with Crippen molar-refractivity contribution in [3.8, 4) is 0 Å². The van der Waals surface area contributed by atoms with Crippen LogP contribution in [0.5, 0.6) is 0 Å². The van der Waals surface area contributed by atoms with Crippen molar-refractivity contribution in [2.75, 3.05) is 12.8 Å². The predicted octanol–water partition coefficient (Wildman–Crippen LogP) is 2.07. The van der Waals surface area contributed by atoms with E-state index in [0.29, 0.717) is 24.5 Å². The van der Waals surface area contributed by atoms with E-state index in [1.165, 1.54) is 0 Å². The number of benzene rings is 1. The van der Waals surface area contributed by atoms with Crippen LogP contribution in [0.25, 0.3) is 0 Å². The molecule has 0 unspecified atom stereocenters. The Labute approximate surface area is 119 Å². The molecule has 0 fully saturated rings. The van der Waals surface area contributed by atoms with E-state index in [9.17, 15) is 4.79 Å². The van der Waals surface area contributed by atoms with Gasteiger partial charge in [-0.25, -0.2) is 0 Å². The smallest absolute Gasteiger partial charge is 0.272 e. The van der Waals surface area contributed by atoms with Crippen LogP contribution in [0.3, 0.4) is 0 Å². The Hall–Kier alpha value is -2.30. The van der Waals surface area contributed by atoms with Crippen LogP contribution in [0.4, 0.5) is 5.69 Å². The maximum atomic E-state index is 12.5. The first kappa shape index (κ1) is 14.1. The second-order valence-electron chi connectivity index (χ2n) is 4.85. The SMILES string of the molecule is CCn1nc(C)cc1C(=O)N(C)Cc1ccccc1N. The molecule has 2 rings (SSSR count). The van der Waals surface area contributed by atoms with Crippen molar-refractivity contribution in [1.82, 2.24) is 14.7 Å². The Morgan fingerprint density at radius 1 is 1.40 bits per heavy atom. The molecule has 0 aliphatic rings. The average molecular weight is 272 g/mol. The molecule has 0 aliphatic heterocycles. The minimum absolute atomic E-state index is 0.0456. The van der Waals surface area contributed by atoms with E-state index >= 15 is 0 Å². The van der Waals surface area contributed by atoms with E-state index in [-0.39, 0.29) is 5.91 Å². The molecule has 1 aromatic heterocycles. The molecule has 1 aromatic carbocycles. The van der Waals surface area contributed by atoms with Crippen molar-refractivity contribution < 1.29 is 4.79 Å². The van der Waals surface area contributed by atoms with Crippen LogP contribution < -0.4 is 5.73 Å². The minimum atomic E-state index is -0.0456. The molecule has 2 aromatic rings. The average Bonchev–Trinajstić information content (AvgIpc) is 2.81. The number of rotatable bonds is 4. The number of anilines is 1. The van der Waals surface area contributed by atoms with Crippen molar-refractivity contribution in [2.45, 2.75) is 26.9 Å². The summed E-state index contributed by atoms with van der Waals surface area (Å²) in [6.07, 6.45) is 0. The number of amides is 1. The third kappa shape index (κ3) is 2.82. The fourth-order valence-corrected chi connectivity index (χ4v) is 2.16. The first-order valence-electron chi connectivity index (χ1n) is 6.66. The van der Waals surface area contributed by atoms with Crippen LogP contribution in [0.1, 0.15) is 28.7 Å². The highest BCUT2D eigenvalue weighted by atomic mass is 16.2. The zero-order valence-electron chi connectivity index (χ0n) is 12.1. The Morgan fingerprint density at radius 3 is 2.75 bits per heavy atom. The number of nitrogens with two attached hydrogens (primary N) is 1. The van der Waals surface area contributed by atoms with Gasteiger partial charge in [0.1, 0.15) is 5.69 Å². The number of aryl methyl sites for hydroxylation is 2. The molecule has 1 heterocycles. The number of carbonyl (C=O) groups is 1. The van der Waals surface area contributed by atoms with Crippen LogP contribution in [-0.2, 0) is 13.1 Å². The first-order chi connectivity index (χ1) is 9.52. The molecule has 0 atom stereocenters. The van der Waals surface area contributed by atoms with Crippen LogP contribution in [0.15, 0.2) is 30.3 Å². The molecule has 0 spiro atoms. The highest BCUT2D eigenvalue weighted by molar-refractivity contribution is 5.92. The third-order valence-electron chi connectivity index (χ3n) is 3.23. The third-order valence-corrected chi connectivity index (χ3v) is 3.23. The van der Waals surface area contributed by atoms with Gasteiger partial charge in [0.2, 0.25) is 0 Å². The Balaban J connectivity index is 2.18. The summed E-state index contributed by atoms with van der Waals surface area (Å²) in [6, 6.07) is 9.40. The highest BCUT2D eigenvalue weighted by Crippen LogP contribution is 2.15. The molecule has 20 heavy (non-hydrogen) atoms. The number of hydrogen-bond donors (Lipinski definition) is 1. The quantitative estimate of drug-likeness (QED) is 0.866. The van der Waals surface area contributed by atoms with Crippen LogP contribution >= 0.6 is 0 Å². The summed E-state index contributed by atoms with van der Waals surface area (Å²) >= 11 is 0. The van der Waals surface area contributed by atoms with Crippen molar-refractivity contribution >= 4 is 11.6 Å². The van der Waals surface area contributed by atoms with E-state index in [2.05, 4.69) is 5.10 Å². The van der Waals surface area contributed by atoms with Crippen LogP contribution in [-0.4, -0.2) is 27.6 Å². The lowest BCUT2D eigenvalue weighted by Gasteiger charge is -2.18. The van der Waals surface area contributed by atoms with E-state index in [1.807, 2.05) is 44.2 Å². The van der Waals surface area contributed by atoms with Crippen molar-refractivity contribution in [3.05, 3.63) is 47.3 Å². The molecule has 0 saturated heterocycles. The van der Waals surface area contributed by atoms with Gasteiger partial charge in [-0.05, 0) is 31.5 Å². The van der Waals surface area contributed by atoms with Crippen molar-refractivity contribution in [1.29, 1.82) is 0 Å². The monoisotopic (exact) mass is 272 g/mol. The highest BCUT2D eigenvalue weighted by Gasteiger charge is 2.18. The second kappa shape index (κ2) is 5.77. The Kier molecular flexibility index (Phi) is 4.08. The molecular formula is C15H20N4O. The van der Waals surface area contributed by atoms with Gasteiger partial charge in [0, 0.05) is 25.8 Å². The second-order valence-corrected chi connectivity index (χ2v) is 4.85. The molecule has 0 bridgehead atoms. The molecule has 106 valence electrons. The summed E-state index contributed by atoms with van der Waals surface area (Å²) in [5, 5.41) is 4.30. The van der Waals surface area contributed by atoms with Gasteiger partial charge < -0.3 is 10.6 Å². The fraction of sp³-hybridized carbons (Fsp3) is 0.333. The van der Waals surface area contributed by atoms with Gasteiger partial charge in [-0.3, -0.25) is 9.48 Å². The van der Waals surface area contributed by atoms with Gasteiger partial charge in [0.25, 0.3) is 5.91 Å². The van der Waals surface area contributed by atoms with Gasteiger partial charge >= 0.3 is 0 Å². The van der Waals surface area contributed by atoms with Gasteiger partial charge in [-0.1, -0.05) is 18.2 Å². The zero-order chi connectivity index (χ0) is 14.7. The summed E-state index contributed by atoms with van der Waals surface area (Å²) in [4.78, 5) is 14.1. The lowest BCUT2D eigenvalue weighted by Crippen LogP contribution is -2.28. The Morgan fingerprint density at radius 2 is 2.10 bits per heavy atom. The molecule has 2 N–H and O–H groups in total. The maximum absolute atomic E-state index is 12.5. The van der Waals surface area contributed by atoms with E-state index < -0.39 is 0 Å². The fourth-order valence-electron chi connectivity index (χ4n) is 2.16. The topological polar surface area (TPSA) is 64.2 Å². The molecular weight excluding hydrogens is 252 g/mol. The Bertz CT molecular complexity index is 618. The molecule has 1 amide bonds. The van der Waals surface area contributed by atoms with Gasteiger partial charge in [0.05, 0.1) is 5.69 Å². The van der Waals surface area contributed by atoms with Crippen molar-refractivity contribution in [2.24, 2.45) is 0 Å². The summed E-state index contributed by atoms with van der Waals surface area (Å²) in [5.74, 6) is -0.0456. The number of nitrogens with zero attached hydrogens (tertiary/aromatic N) is 3.